The smallest absolute Gasteiger partial charge is 0.146 e. The molecular formula is C10H15ClO2. The largest absolute Gasteiger partial charge is 0.299 e. The SMILES string of the molecule is Cl.O=C1CC(=O)C2(CCCCC2)C1. The van der Waals surface area contributed by atoms with Crippen LogP contribution in [0.15, 0.2) is 0 Å². The molecule has 0 radical (unpaired) electrons. The lowest BCUT2D eigenvalue weighted by molar-refractivity contribution is -0.127. The van der Waals surface area contributed by atoms with E-state index in [1.54, 1.807) is 0 Å². The lowest BCUT2D eigenvalue weighted by Crippen LogP contribution is -2.28. The fourth-order valence-corrected chi connectivity index (χ4v) is 2.59. The molecule has 0 aliphatic heterocycles. The van der Waals surface area contributed by atoms with Gasteiger partial charge in [0.1, 0.15) is 11.6 Å². The molecule has 74 valence electrons. The molecule has 0 saturated heterocycles. The van der Waals surface area contributed by atoms with E-state index in [2.05, 4.69) is 0 Å². The predicted molar refractivity (Wildman–Crippen MR) is 52.0 cm³/mol. The maximum atomic E-state index is 11.5. The van der Waals surface area contributed by atoms with Gasteiger partial charge in [-0.3, -0.25) is 9.59 Å². The van der Waals surface area contributed by atoms with Crippen LogP contribution < -0.4 is 0 Å². The Balaban J connectivity index is 0.000000845. The molecule has 1 spiro atoms. The van der Waals surface area contributed by atoms with Gasteiger partial charge in [-0.25, -0.2) is 0 Å². The Bertz CT molecular complexity index is 229. The highest BCUT2D eigenvalue weighted by Gasteiger charge is 2.46. The van der Waals surface area contributed by atoms with Gasteiger partial charge < -0.3 is 0 Å². The Morgan fingerprint density at radius 1 is 1.00 bits per heavy atom. The Morgan fingerprint density at radius 2 is 1.62 bits per heavy atom. The maximum Gasteiger partial charge on any atom is 0.146 e. The van der Waals surface area contributed by atoms with Crippen LogP contribution in [0.4, 0.5) is 0 Å². The van der Waals surface area contributed by atoms with E-state index < -0.39 is 0 Å². The zero-order chi connectivity index (χ0) is 8.60. The molecule has 0 N–H and O–H groups in total. The second-order valence-electron chi connectivity index (χ2n) is 4.16. The molecule has 0 aromatic carbocycles. The van der Waals surface area contributed by atoms with Crippen molar-refractivity contribution in [2.75, 3.05) is 0 Å². The highest BCUT2D eigenvalue weighted by molar-refractivity contribution is 6.09. The first kappa shape index (κ1) is 10.7. The molecule has 2 fully saturated rings. The van der Waals surface area contributed by atoms with Crippen LogP contribution in [0.25, 0.3) is 0 Å². The minimum atomic E-state index is -0.185. The number of hydrogen-bond acceptors (Lipinski definition) is 2. The predicted octanol–water partition coefficient (Wildman–Crippen LogP) is 2.29. The van der Waals surface area contributed by atoms with Gasteiger partial charge in [0.05, 0.1) is 6.42 Å². The van der Waals surface area contributed by atoms with Crippen molar-refractivity contribution in [1.29, 1.82) is 0 Å². The summed E-state index contributed by atoms with van der Waals surface area (Å²) in [7, 11) is 0. The van der Waals surface area contributed by atoms with Gasteiger partial charge in [-0.05, 0) is 12.8 Å². The van der Waals surface area contributed by atoms with Gasteiger partial charge >= 0.3 is 0 Å². The molecule has 0 bridgehead atoms. The Kier molecular flexibility index (Phi) is 3.12. The minimum Gasteiger partial charge on any atom is -0.299 e. The van der Waals surface area contributed by atoms with Crippen LogP contribution >= 0.6 is 12.4 Å². The monoisotopic (exact) mass is 202 g/mol. The molecular weight excluding hydrogens is 188 g/mol. The van der Waals surface area contributed by atoms with Crippen molar-refractivity contribution >= 4 is 24.0 Å². The number of hydrogen-bond donors (Lipinski definition) is 0. The molecule has 2 aliphatic carbocycles. The molecule has 0 heterocycles. The average molecular weight is 203 g/mol. The zero-order valence-corrected chi connectivity index (χ0v) is 8.49. The quantitative estimate of drug-likeness (QED) is 0.565. The molecule has 0 aromatic rings. The van der Waals surface area contributed by atoms with E-state index in [4.69, 9.17) is 0 Å². The highest BCUT2D eigenvalue weighted by Crippen LogP contribution is 2.44. The average Bonchev–Trinajstić information content (AvgIpc) is 2.29. The van der Waals surface area contributed by atoms with Gasteiger partial charge in [0.15, 0.2) is 0 Å². The second kappa shape index (κ2) is 3.79. The molecule has 2 rings (SSSR count). The molecule has 0 unspecified atom stereocenters. The van der Waals surface area contributed by atoms with Crippen molar-refractivity contribution in [3.05, 3.63) is 0 Å². The number of carbonyl (C=O) groups is 2. The Labute approximate surface area is 84.5 Å². The summed E-state index contributed by atoms with van der Waals surface area (Å²) in [5.74, 6) is 0.397. The summed E-state index contributed by atoms with van der Waals surface area (Å²) in [4.78, 5) is 22.6. The van der Waals surface area contributed by atoms with Gasteiger partial charge in [-0.15, -0.1) is 12.4 Å². The van der Waals surface area contributed by atoms with Crippen LogP contribution in [0.5, 0.6) is 0 Å². The van der Waals surface area contributed by atoms with E-state index in [0.717, 1.165) is 25.7 Å². The van der Waals surface area contributed by atoms with Crippen molar-refractivity contribution in [2.24, 2.45) is 5.41 Å². The molecule has 13 heavy (non-hydrogen) atoms. The summed E-state index contributed by atoms with van der Waals surface area (Å²) < 4.78 is 0. The van der Waals surface area contributed by atoms with E-state index in [1.807, 2.05) is 0 Å². The zero-order valence-electron chi connectivity index (χ0n) is 7.67. The van der Waals surface area contributed by atoms with Crippen molar-refractivity contribution in [3.8, 4) is 0 Å². The molecule has 0 amide bonds. The van der Waals surface area contributed by atoms with E-state index in [-0.39, 0.29) is 35.8 Å². The summed E-state index contributed by atoms with van der Waals surface area (Å²) in [5.41, 5.74) is -0.185. The molecule has 0 atom stereocenters. The standard InChI is InChI=1S/C10H14O2.ClH/c11-8-6-9(12)10(7-8)4-2-1-3-5-10;/h1-7H2;1H. The lowest BCUT2D eigenvalue weighted by atomic mass is 9.72. The Hall–Kier alpha value is -0.370. The van der Waals surface area contributed by atoms with Gasteiger partial charge in [0, 0.05) is 11.8 Å². The first-order valence-corrected chi connectivity index (χ1v) is 4.78. The molecule has 0 aromatic heterocycles. The highest BCUT2D eigenvalue weighted by atomic mass is 35.5. The minimum absolute atomic E-state index is 0. The van der Waals surface area contributed by atoms with Crippen molar-refractivity contribution in [3.63, 3.8) is 0 Å². The van der Waals surface area contributed by atoms with Crippen molar-refractivity contribution < 1.29 is 9.59 Å². The van der Waals surface area contributed by atoms with E-state index in [1.165, 1.54) is 6.42 Å². The first-order chi connectivity index (χ1) is 5.73. The topological polar surface area (TPSA) is 34.1 Å². The van der Waals surface area contributed by atoms with E-state index in [0.29, 0.717) is 6.42 Å². The van der Waals surface area contributed by atoms with Crippen LogP contribution in [0.3, 0.4) is 0 Å². The van der Waals surface area contributed by atoms with Crippen molar-refractivity contribution in [1.82, 2.24) is 0 Å². The van der Waals surface area contributed by atoms with Crippen LogP contribution in [0.2, 0.25) is 0 Å². The van der Waals surface area contributed by atoms with Crippen LogP contribution in [0.1, 0.15) is 44.9 Å². The van der Waals surface area contributed by atoms with Crippen molar-refractivity contribution in [2.45, 2.75) is 44.9 Å². The third-order valence-electron chi connectivity index (χ3n) is 3.30. The molecule has 2 nitrogen and oxygen atoms in total. The number of Topliss-reactive ketones (excluding diaryl/α,β-unsaturated/α-hetero) is 2. The fraction of sp³-hybridized carbons (Fsp3) is 0.800. The maximum absolute atomic E-state index is 11.5. The van der Waals surface area contributed by atoms with Gasteiger partial charge in [0.25, 0.3) is 0 Å². The van der Waals surface area contributed by atoms with Gasteiger partial charge in [-0.2, -0.15) is 0 Å². The third kappa shape index (κ3) is 1.78. The fourth-order valence-electron chi connectivity index (χ4n) is 2.59. The Morgan fingerprint density at radius 3 is 2.08 bits per heavy atom. The number of carbonyl (C=O) groups excluding carboxylic acids is 2. The molecule has 2 saturated carbocycles. The number of ketones is 2. The van der Waals surface area contributed by atoms with Crippen LogP contribution in [-0.4, -0.2) is 11.6 Å². The third-order valence-corrected chi connectivity index (χ3v) is 3.30. The summed E-state index contributed by atoms with van der Waals surface area (Å²) in [6.07, 6.45) is 6.22. The van der Waals surface area contributed by atoms with Gasteiger partial charge in [-0.1, -0.05) is 19.3 Å². The molecule has 3 heteroatoms. The summed E-state index contributed by atoms with van der Waals surface area (Å²) in [6.45, 7) is 0. The normalized spacial score (nSPS) is 26.2. The van der Waals surface area contributed by atoms with E-state index >= 15 is 0 Å². The summed E-state index contributed by atoms with van der Waals surface area (Å²) in [5, 5.41) is 0. The number of rotatable bonds is 0. The summed E-state index contributed by atoms with van der Waals surface area (Å²) >= 11 is 0. The molecule has 2 aliphatic rings. The second-order valence-corrected chi connectivity index (χ2v) is 4.16. The summed E-state index contributed by atoms with van der Waals surface area (Å²) in [6, 6.07) is 0. The number of halogens is 1. The lowest BCUT2D eigenvalue weighted by Gasteiger charge is -2.30. The first-order valence-electron chi connectivity index (χ1n) is 4.78. The van der Waals surface area contributed by atoms with E-state index in [9.17, 15) is 9.59 Å². The van der Waals surface area contributed by atoms with Gasteiger partial charge in [0.2, 0.25) is 0 Å². The van der Waals surface area contributed by atoms with Crippen LogP contribution in [0, 0.1) is 5.41 Å². The van der Waals surface area contributed by atoms with Crippen LogP contribution in [-0.2, 0) is 9.59 Å².